The van der Waals surface area contributed by atoms with Gasteiger partial charge in [-0.1, -0.05) is 13.8 Å². The van der Waals surface area contributed by atoms with Gasteiger partial charge < -0.3 is 4.90 Å². The summed E-state index contributed by atoms with van der Waals surface area (Å²) in [6, 6.07) is 0.604. The molecule has 0 spiro atoms. The second-order valence-electron chi connectivity index (χ2n) is 5.44. The Balaban J connectivity index is 2.31. The van der Waals surface area contributed by atoms with Gasteiger partial charge in [-0.05, 0) is 19.8 Å². The average molecular weight is 239 g/mol. The van der Waals surface area contributed by atoms with Crippen LogP contribution in [0.15, 0.2) is 5.10 Å². The fourth-order valence-electron chi connectivity index (χ4n) is 1.97. The number of likely N-dealkylation sites (tertiary alicyclic amines) is 1. The first-order valence-electron chi connectivity index (χ1n) is 6.57. The van der Waals surface area contributed by atoms with Crippen molar-refractivity contribution in [2.24, 2.45) is 11.0 Å². The maximum absolute atomic E-state index is 11.4. The molecule has 0 radical (unpaired) electrons. The topological polar surface area (TPSA) is 44.7 Å². The Morgan fingerprint density at radius 2 is 1.88 bits per heavy atom. The van der Waals surface area contributed by atoms with Gasteiger partial charge in [-0.3, -0.25) is 4.79 Å². The number of nitrogens with one attached hydrogen (secondary N) is 1. The zero-order chi connectivity index (χ0) is 12.8. The van der Waals surface area contributed by atoms with Crippen molar-refractivity contribution in [2.45, 2.75) is 53.0 Å². The lowest BCUT2D eigenvalue weighted by Gasteiger charge is -2.30. The van der Waals surface area contributed by atoms with Crippen molar-refractivity contribution >= 4 is 11.6 Å². The summed E-state index contributed by atoms with van der Waals surface area (Å²) in [4.78, 5) is 13.9. The van der Waals surface area contributed by atoms with Gasteiger partial charge in [-0.25, -0.2) is 5.43 Å². The van der Waals surface area contributed by atoms with Gasteiger partial charge in [-0.15, -0.1) is 0 Å². The maximum Gasteiger partial charge on any atom is 0.240 e. The van der Waals surface area contributed by atoms with E-state index in [1.165, 1.54) is 0 Å². The molecule has 4 nitrogen and oxygen atoms in total. The third-order valence-corrected chi connectivity index (χ3v) is 3.04. The van der Waals surface area contributed by atoms with Crippen LogP contribution in [0, 0.1) is 5.92 Å². The lowest BCUT2D eigenvalue weighted by Crippen LogP contribution is -2.39. The molecule has 1 heterocycles. The minimum Gasteiger partial charge on any atom is -0.300 e. The number of carbonyl (C=O) groups excluding carboxylic acids is 1. The standard InChI is InChI=1S/C13H25N3O/c1-10(2)9-13(17)15-14-12-5-7-16(8-6-12)11(3)4/h10-11H,5-9H2,1-4H3,(H,15,17). The first-order valence-corrected chi connectivity index (χ1v) is 6.57. The summed E-state index contributed by atoms with van der Waals surface area (Å²) in [5.74, 6) is 0.414. The highest BCUT2D eigenvalue weighted by Crippen LogP contribution is 2.10. The van der Waals surface area contributed by atoms with Gasteiger partial charge in [0.1, 0.15) is 0 Å². The van der Waals surface area contributed by atoms with Gasteiger partial charge in [0, 0.05) is 44.1 Å². The number of nitrogens with zero attached hydrogens (tertiary/aromatic N) is 2. The Kier molecular flexibility index (Phi) is 5.62. The van der Waals surface area contributed by atoms with Crippen molar-refractivity contribution < 1.29 is 4.79 Å². The highest BCUT2D eigenvalue weighted by molar-refractivity contribution is 5.87. The Bertz CT molecular complexity index is 274. The quantitative estimate of drug-likeness (QED) is 0.763. The molecule has 4 heteroatoms. The molecule has 0 aromatic heterocycles. The van der Waals surface area contributed by atoms with Crippen LogP contribution in [0.25, 0.3) is 0 Å². The Hall–Kier alpha value is -0.900. The highest BCUT2D eigenvalue weighted by atomic mass is 16.2. The zero-order valence-corrected chi connectivity index (χ0v) is 11.5. The first-order chi connectivity index (χ1) is 7.99. The van der Waals surface area contributed by atoms with Crippen molar-refractivity contribution in [2.75, 3.05) is 13.1 Å². The molecule has 0 aromatic rings. The molecular formula is C13H25N3O. The monoisotopic (exact) mass is 239 g/mol. The second-order valence-corrected chi connectivity index (χ2v) is 5.44. The van der Waals surface area contributed by atoms with Crippen LogP contribution in [-0.4, -0.2) is 35.7 Å². The fraction of sp³-hybridized carbons (Fsp3) is 0.846. The molecule has 98 valence electrons. The van der Waals surface area contributed by atoms with Gasteiger partial charge >= 0.3 is 0 Å². The molecule has 0 aromatic carbocycles. The first kappa shape index (κ1) is 14.2. The molecule has 0 atom stereocenters. The number of piperidine rings is 1. The summed E-state index contributed by atoms with van der Waals surface area (Å²) in [6.45, 7) is 10.6. The van der Waals surface area contributed by atoms with Crippen LogP contribution in [0.4, 0.5) is 0 Å². The van der Waals surface area contributed by atoms with Crippen LogP contribution >= 0.6 is 0 Å². The molecule has 17 heavy (non-hydrogen) atoms. The molecule has 1 aliphatic rings. The molecule has 1 amide bonds. The largest absolute Gasteiger partial charge is 0.300 e. The van der Waals surface area contributed by atoms with Crippen molar-refractivity contribution in [1.29, 1.82) is 0 Å². The molecule has 0 aliphatic carbocycles. The molecule has 0 unspecified atom stereocenters. The number of hydrogen-bond donors (Lipinski definition) is 1. The number of rotatable bonds is 4. The van der Waals surface area contributed by atoms with E-state index >= 15 is 0 Å². The Morgan fingerprint density at radius 1 is 1.29 bits per heavy atom. The SMILES string of the molecule is CC(C)CC(=O)NN=C1CCN(C(C)C)CC1. The minimum absolute atomic E-state index is 0.0267. The summed E-state index contributed by atoms with van der Waals surface area (Å²) in [7, 11) is 0. The van der Waals surface area contributed by atoms with Crippen LogP contribution in [0.1, 0.15) is 47.0 Å². The van der Waals surface area contributed by atoms with Crippen LogP contribution in [0.3, 0.4) is 0 Å². The van der Waals surface area contributed by atoms with Crippen LogP contribution < -0.4 is 5.43 Å². The number of amides is 1. The van der Waals surface area contributed by atoms with Crippen molar-refractivity contribution in [1.82, 2.24) is 10.3 Å². The third-order valence-electron chi connectivity index (χ3n) is 3.04. The normalized spacial score (nSPS) is 17.6. The van der Waals surface area contributed by atoms with Gasteiger partial charge in [0.15, 0.2) is 0 Å². The van der Waals surface area contributed by atoms with Crippen molar-refractivity contribution in [3.63, 3.8) is 0 Å². The van der Waals surface area contributed by atoms with E-state index in [9.17, 15) is 4.79 Å². The van der Waals surface area contributed by atoms with E-state index in [2.05, 4.69) is 29.3 Å². The zero-order valence-electron chi connectivity index (χ0n) is 11.5. The van der Waals surface area contributed by atoms with E-state index in [0.717, 1.165) is 31.6 Å². The summed E-state index contributed by atoms with van der Waals surface area (Å²) in [5, 5.41) is 4.22. The Morgan fingerprint density at radius 3 is 2.35 bits per heavy atom. The molecule has 1 rings (SSSR count). The van der Waals surface area contributed by atoms with Crippen molar-refractivity contribution in [3.8, 4) is 0 Å². The van der Waals surface area contributed by atoms with E-state index in [1.807, 2.05) is 13.8 Å². The maximum atomic E-state index is 11.4. The number of carbonyl (C=O) groups is 1. The van der Waals surface area contributed by atoms with Gasteiger partial charge in [0.2, 0.25) is 5.91 Å². The molecule has 1 aliphatic heterocycles. The molecule has 1 saturated heterocycles. The highest BCUT2D eigenvalue weighted by Gasteiger charge is 2.17. The van der Waals surface area contributed by atoms with Gasteiger partial charge in [0.05, 0.1) is 0 Å². The van der Waals surface area contributed by atoms with Gasteiger partial charge in [-0.2, -0.15) is 5.10 Å². The van der Waals surface area contributed by atoms with Crippen LogP contribution in [0.5, 0.6) is 0 Å². The average Bonchev–Trinajstić information content (AvgIpc) is 2.26. The van der Waals surface area contributed by atoms with Gasteiger partial charge in [0.25, 0.3) is 0 Å². The smallest absolute Gasteiger partial charge is 0.240 e. The van der Waals surface area contributed by atoms with E-state index < -0.39 is 0 Å². The number of hydrogen-bond acceptors (Lipinski definition) is 3. The van der Waals surface area contributed by atoms with E-state index in [1.54, 1.807) is 0 Å². The lowest BCUT2D eigenvalue weighted by molar-refractivity contribution is -0.121. The predicted molar refractivity (Wildman–Crippen MR) is 71.0 cm³/mol. The van der Waals surface area contributed by atoms with Crippen LogP contribution in [-0.2, 0) is 4.79 Å². The summed E-state index contributed by atoms with van der Waals surface area (Å²) >= 11 is 0. The summed E-state index contributed by atoms with van der Waals surface area (Å²) in [5.41, 5.74) is 3.78. The molecular weight excluding hydrogens is 214 g/mol. The number of hydrazone groups is 1. The summed E-state index contributed by atoms with van der Waals surface area (Å²) < 4.78 is 0. The second kappa shape index (κ2) is 6.74. The Labute approximate surface area is 104 Å². The molecule has 1 fully saturated rings. The minimum atomic E-state index is 0.0267. The lowest BCUT2D eigenvalue weighted by atomic mass is 10.1. The van der Waals surface area contributed by atoms with Crippen LogP contribution in [0.2, 0.25) is 0 Å². The van der Waals surface area contributed by atoms with E-state index in [4.69, 9.17) is 0 Å². The fourth-order valence-corrected chi connectivity index (χ4v) is 1.97. The van der Waals surface area contributed by atoms with E-state index in [0.29, 0.717) is 18.4 Å². The third kappa shape index (κ3) is 5.31. The van der Waals surface area contributed by atoms with E-state index in [-0.39, 0.29) is 5.91 Å². The van der Waals surface area contributed by atoms with Crippen molar-refractivity contribution in [3.05, 3.63) is 0 Å². The molecule has 0 saturated carbocycles. The molecule has 1 N–H and O–H groups in total. The summed E-state index contributed by atoms with van der Waals surface area (Å²) in [6.07, 6.45) is 2.50. The molecule has 0 bridgehead atoms. The predicted octanol–water partition coefficient (Wildman–Crippen LogP) is 2.01.